The SMILES string of the molecule is N#CC(F)=CCC[C@H]1CC[C@H](OC[C@H]2CC[C@H](c3ccc(F)cc3)CC2)CC1. The molecule has 0 bridgehead atoms. The maximum Gasteiger partial charge on any atom is 0.196 e. The Labute approximate surface area is 167 Å². The first kappa shape index (κ1) is 21.0. The van der Waals surface area contributed by atoms with Gasteiger partial charge in [0.25, 0.3) is 0 Å². The molecule has 2 aliphatic carbocycles. The summed E-state index contributed by atoms with van der Waals surface area (Å²) in [6, 6.07) is 8.53. The fraction of sp³-hybridized carbons (Fsp3) is 0.625. The zero-order chi connectivity index (χ0) is 19.8. The van der Waals surface area contributed by atoms with E-state index in [1.54, 1.807) is 12.1 Å². The van der Waals surface area contributed by atoms with Crippen molar-refractivity contribution in [3.63, 3.8) is 0 Å². The zero-order valence-corrected chi connectivity index (χ0v) is 16.6. The lowest BCUT2D eigenvalue weighted by Crippen LogP contribution is -2.25. The maximum absolute atomic E-state index is 13.1. The fourth-order valence-electron chi connectivity index (χ4n) is 4.75. The Morgan fingerprint density at radius 3 is 2.29 bits per heavy atom. The van der Waals surface area contributed by atoms with Gasteiger partial charge in [-0.1, -0.05) is 12.1 Å². The quantitative estimate of drug-likeness (QED) is 0.480. The summed E-state index contributed by atoms with van der Waals surface area (Å²) in [6.45, 7) is 0.863. The zero-order valence-electron chi connectivity index (χ0n) is 16.6. The number of benzene rings is 1. The number of rotatable bonds is 7. The largest absolute Gasteiger partial charge is 0.378 e. The summed E-state index contributed by atoms with van der Waals surface area (Å²) >= 11 is 0. The minimum atomic E-state index is -0.661. The lowest BCUT2D eigenvalue weighted by atomic mass is 9.79. The van der Waals surface area contributed by atoms with Gasteiger partial charge in [0.1, 0.15) is 11.9 Å². The van der Waals surface area contributed by atoms with Crippen molar-refractivity contribution in [2.75, 3.05) is 6.61 Å². The highest BCUT2D eigenvalue weighted by Gasteiger charge is 2.25. The standard InChI is InChI=1S/C24H31F2NO/c25-22-12-10-21(11-13-22)20-8-4-19(5-9-20)17-28-24-14-6-18(7-15-24)2-1-3-23(26)16-27/h3,10-13,18-20,24H,1-2,4-9,14-15,17H2/t18-,19-,20-,24-. The van der Waals surface area contributed by atoms with Crippen LogP contribution < -0.4 is 0 Å². The van der Waals surface area contributed by atoms with Gasteiger partial charge in [0.15, 0.2) is 5.83 Å². The molecule has 28 heavy (non-hydrogen) atoms. The van der Waals surface area contributed by atoms with Crippen LogP contribution in [0.1, 0.15) is 75.7 Å². The van der Waals surface area contributed by atoms with Crippen molar-refractivity contribution in [3.05, 3.63) is 47.5 Å². The van der Waals surface area contributed by atoms with Crippen molar-refractivity contribution >= 4 is 0 Å². The van der Waals surface area contributed by atoms with Gasteiger partial charge in [-0.3, -0.25) is 0 Å². The van der Waals surface area contributed by atoms with Gasteiger partial charge >= 0.3 is 0 Å². The maximum atomic E-state index is 13.1. The van der Waals surface area contributed by atoms with Crippen LogP contribution in [0.2, 0.25) is 0 Å². The predicted molar refractivity (Wildman–Crippen MR) is 107 cm³/mol. The van der Waals surface area contributed by atoms with Crippen molar-refractivity contribution in [1.82, 2.24) is 0 Å². The summed E-state index contributed by atoms with van der Waals surface area (Å²) in [5.41, 5.74) is 1.27. The van der Waals surface area contributed by atoms with Gasteiger partial charge in [0.05, 0.1) is 6.10 Å². The van der Waals surface area contributed by atoms with Crippen molar-refractivity contribution in [1.29, 1.82) is 5.26 Å². The Balaban J connectivity index is 1.30. The second kappa shape index (κ2) is 10.7. The van der Waals surface area contributed by atoms with E-state index in [9.17, 15) is 8.78 Å². The van der Waals surface area contributed by atoms with E-state index in [2.05, 4.69) is 0 Å². The van der Waals surface area contributed by atoms with Crippen molar-refractivity contribution < 1.29 is 13.5 Å². The van der Waals surface area contributed by atoms with Crippen LogP contribution in [-0.4, -0.2) is 12.7 Å². The Morgan fingerprint density at radius 1 is 1.00 bits per heavy atom. The number of allylic oxidation sites excluding steroid dienone is 2. The fourth-order valence-corrected chi connectivity index (χ4v) is 4.75. The summed E-state index contributed by atoms with van der Waals surface area (Å²) in [5, 5.41) is 8.43. The third-order valence-corrected chi connectivity index (χ3v) is 6.55. The van der Waals surface area contributed by atoms with E-state index in [0.717, 1.165) is 38.7 Å². The highest BCUT2D eigenvalue weighted by Crippen LogP contribution is 2.37. The molecule has 0 atom stereocenters. The molecule has 4 heteroatoms. The lowest BCUT2D eigenvalue weighted by molar-refractivity contribution is -0.00824. The topological polar surface area (TPSA) is 33.0 Å². The molecule has 2 aliphatic rings. The molecular formula is C24H31F2NO. The van der Waals surface area contributed by atoms with Crippen LogP contribution >= 0.6 is 0 Å². The Bertz CT molecular complexity index is 663. The Morgan fingerprint density at radius 2 is 1.64 bits per heavy atom. The molecular weight excluding hydrogens is 356 g/mol. The summed E-state index contributed by atoms with van der Waals surface area (Å²) in [5.74, 6) is 1.02. The summed E-state index contributed by atoms with van der Waals surface area (Å²) in [6.07, 6.45) is 12.6. The molecule has 3 rings (SSSR count). The molecule has 2 fully saturated rings. The van der Waals surface area contributed by atoms with Gasteiger partial charge in [-0.15, -0.1) is 0 Å². The highest BCUT2D eigenvalue weighted by atomic mass is 19.1. The molecule has 2 saturated carbocycles. The second-order valence-corrected chi connectivity index (χ2v) is 8.49. The van der Waals surface area contributed by atoms with Gasteiger partial charge in [-0.2, -0.15) is 9.65 Å². The first-order valence-corrected chi connectivity index (χ1v) is 10.8. The molecule has 1 aromatic carbocycles. The van der Waals surface area contributed by atoms with Gasteiger partial charge < -0.3 is 4.74 Å². The van der Waals surface area contributed by atoms with Crippen molar-refractivity contribution in [3.8, 4) is 6.07 Å². The van der Waals surface area contributed by atoms with Crippen LogP contribution in [0.3, 0.4) is 0 Å². The molecule has 0 heterocycles. The summed E-state index contributed by atoms with van der Waals surface area (Å²) in [7, 11) is 0. The van der Waals surface area contributed by atoms with Gasteiger partial charge in [-0.05, 0) is 106 Å². The number of halogens is 2. The number of hydrogen-bond acceptors (Lipinski definition) is 2. The van der Waals surface area contributed by atoms with E-state index < -0.39 is 5.83 Å². The molecule has 0 spiro atoms. The van der Waals surface area contributed by atoms with Crippen molar-refractivity contribution in [2.45, 2.75) is 76.2 Å². The molecule has 2 nitrogen and oxygen atoms in total. The molecule has 1 aromatic rings. The molecule has 152 valence electrons. The minimum Gasteiger partial charge on any atom is -0.378 e. The Hall–Kier alpha value is -1.73. The lowest BCUT2D eigenvalue weighted by Gasteiger charge is -2.32. The monoisotopic (exact) mass is 387 g/mol. The highest BCUT2D eigenvalue weighted by molar-refractivity contribution is 5.20. The molecule has 0 aliphatic heterocycles. The average Bonchev–Trinajstić information content (AvgIpc) is 2.74. The summed E-state index contributed by atoms with van der Waals surface area (Å²) in [4.78, 5) is 0. The smallest absolute Gasteiger partial charge is 0.196 e. The van der Waals surface area contributed by atoms with Crippen LogP contribution in [0.25, 0.3) is 0 Å². The minimum absolute atomic E-state index is 0.161. The number of nitriles is 1. The normalized spacial score (nSPS) is 28.7. The second-order valence-electron chi connectivity index (χ2n) is 8.49. The van der Waals surface area contributed by atoms with Crippen LogP contribution in [0.5, 0.6) is 0 Å². The molecule has 0 aromatic heterocycles. The van der Waals surface area contributed by atoms with Gasteiger partial charge in [0, 0.05) is 6.61 Å². The third kappa shape index (κ3) is 6.41. The van der Waals surface area contributed by atoms with Crippen LogP contribution in [0.15, 0.2) is 36.2 Å². The molecule has 0 unspecified atom stereocenters. The van der Waals surface area contributed by atoms with Crippen LogP contribution in [0, 0.1) is 29.0 Å². The average molecular weight is 388 g/mol. The molecule has 0 saturated heterocycles. The van der Waals surface area contributed by atoms with E-state index in [-0.39, 0.29) is 5.82 Å². The molecule has 0 radical (unpaired) electrons. The van der Waals surface area contributed by atoms with Gasteiger partial charge in [-0.25, -0.2) is 4.39 Å². The molecule has 0 N–H and O–H groups in total. The predicted octanol–water partition coefficient (Wildman–Crippen LogP) is 6.83. The number of ether oxygens (including phenoxy) is 1. The Kier molecular flexibility index (Phi) is 8.03. The van der Waals surface area contributed by atoms with Crippen molar-refractivity contribution in [2.24, 2.45) is 11.8 Å². The van der Waals surface area contributed by atoms with E-state index >= 15 is 0 Å². The van der Waals surface area contributed by atoms with E-state index in [0.29, 0.717) is 30.3 Å². The number of hydrogen-bond donors (Lipinski definition) is 0. The van der Waals surface area contributed by atoms with Gasteiger partial charge in [0.2, 0.25) is 0 Å². The van der Waals surface area contributed by atoms with Crippen LogP contribution in [0.4, 0.5) is 8.78 Å². The first-order chi connectivity index (χ1) is 13.6. The molecule has 0 amide bonds. The summed E-state index contributed by atoms with van der Waals surface area (Å²) < 4.78 is 32.1. The van der Waals surface area contributed by atoms with E-state index in [1.807, 2.05) is 12.1 Å². The number of nitrogens with zero attached hydrogens (tertiary/aromatic N) is 1. The first-order valence-electron chi connectivity index (χ1n) is 10.8. The third-order valence-electron chi connectivity index (χ3n) is 6.55. The van der Waals surface area contributed by atoms with Crippen LogP contribution in [-0.2, 0) is 4.74 Å². The van der Waals surface area contributed by atoms with E-state index in [4.69, 9.17) is 10.00 Å². The van der Waals surface area contributed by atoms with E-state index in [1.165, 1.54) is 43.4 Å².